The van der Waals surface area contributed by atoms with E-state index in [-0.39, 0.29) is 5.69 Å². The monoisotopic (exact) mass is 153 g/mol. The second kappa shape index (κ2) is 3.08. The van der Waals surface area contributed by atoms with Crippen LogP contribution in [0.4, 0.5) is 14.5 Å². The van der Waals surface area contributed by atoms with Crippen LogP contribution in [0.1, 0.15) is 0 Å². The summed E-state index contributed by atoms with van der Waals surface area (Å²) in [6, 6.07) is 3.01. The molecule has 11 heavy (non-hydrogen) atoms. The van der Waals surface area contributed by atoms with Gasteiger partial charge in [-0.3, -0.25) is 0 Å². The van der Waals surface area contributed by atoms with Crippen LogP contribution < -0.4 is 0 Å². The van der Waals surface area contributed by atoms with E-state index in [2.05, 4.69) is 17.4 Å². The van der Waals surface area contributed by atoms with Gasteiger partial charge in [0.2, 0.25) is 0 Å². The molecule has 0 amide bonds. The number of rotatable bonds is 1. The van der Waals surface area contributed by atoms with Crippen LogP contribution in [0.25, 0.3) is 0 Å². The van der Waals surface area contributed by atoms with Gasteiger partial charge >= 0.3 is 0 Å². The van der Waals surface area contributed by atoms with E-state index in [1.165, 1.54) is 0 Å². The lowest BCUT2D eigenvalue weighted by Gasteiger charge is -1.92. The van der Waals surface area contributed by atoms with Gasteiger partial charge in [0.15, 0.2) is 0 Å². The molecule has 1 aromatic carbocycles. The molecule has 1 rings (SSSR count). The third-order valence-electron chi connectivity index (χ3n) is 1.11. The predicted octanol–water partition coefficient (Wildman–Crippen LogP) is 2.45. The van der Waals surface area contributed by atoms with Gasteiger partial charge in [-0.1, -0.05) is 0 Å². The van der Waals surface area contributed by atoms with Crippen molar-refractivity contribution in [3.63, 3.8) is 0 Å². The largest absolute Gasteiger partial charge is 0.207 e. The molecule has 0 aliphatic carbocycles. The van der Waals surface area contributed by atoms with Gasteiger partial charge in [0.25, 0.3) is 0 Å². The lowest BCUT2D eigenvalue weighted by Crippen LogP contribution is -1.77. The van der Waals surface area contributed by atoms with Gasteiger partial charge in [-0.05, 0) is 24.6 Å². The Bertz CT molecular complexity index is 314. The summed E-state index contributed by atoms with van der Waals surface area (Å²) < 4.78 is 25.0. The van der Waals surface area contributed by atoms with E-state index in [1.54, 1.807) is 0 Å². The van der Waals surface area contributed by atoms with Crippen LogP contribution in [0.3, 0.4) is 0 Å². The van der Waals surface area contributed by atoms with Gasteiger partial charge < -0.3 is 0 Å². The molecule has 56 valence electrons. The van der Waals surface area contributed by atoms with Crippen molar-refractivity contribution in [3.05, 3.63) is 36.4 Å². The molecule has 0 N–H and O–H groups in total. The third-order valence-corrected chi connectivity index (χ3v) is 1.11. The molecule has 1 aromatic rings. The van der Waals surface area contributed by atoms with Crippen molar-refractivity contribution in [2.75, 3.05) is 0 Å². The molecule has 0 aromatic heterocycles. The molecule has 0 saturated heterocycles. The Morgan fingerprint density at radius 3 is 2.73 bits per heavy atom. The van der Waals surface area contributed by atoms with E-state index in [9.17, 15) is 8.78 Å². The molecular formula is C8H5F2N. The summed E-state index contributed by atoms with van der Waals surface area (Å²) in [4.78, 5) is 3.39. The maximum atomic E-state index is 12.6. The van der Waals surface area contributed by atoms with Gasteiger partial charge in [-0.25, -0.2) is 13.8 Å². The second-order valence-electron chi connectivity index (χ2n) is 1.87. The van der Waals surface area contributed by atoms with Crippen LogP contribution >= 0.6 is 0 Å². The van der Waals surface area contributed by atoms with Crippen molar-refractivity contribution in [1.29, 1.82) is 0 Å². The average molecular weight is 153 g/mol. The highest BCUT2D eigenvalue weighted by molar-refractivity contribution is 5.55. The van der Waals surface area contributed by atoms with Crippen LogP contribution in [-0.2, 0) is 0 Å². The predicted molar refractivity (Wildman–Crippen MR) is 39.1 cm³/mol. The third kappa shape index (κ3) is 1.72. The molecule has 0 saturated carbocycles. The first-order chi connectivity index (χ1) is 5.24. The Morgan fingerprint density at radius 2 is 2.09 bits per heavy atom. The highest BCUT2D eigenvalue weighted by Gasteiger charge is 1.99. The zero-order chi connectivity index (χ0) is 8.27. The first kappa shape index (κ1) is 7.63. The molecule has 0 bridgehead atoms. The van der Waals surface area contributed by atoms with Gasteiger partial charge in [-0.15, -0.1) is 0 Å². The quantitative estimate of drug-likeness (QED) is 0.549. The van der Waals surface area contributed by atoms with E-state index < -0.39 is 11.6 Å². The fraction of sp³-hybridized carbons (Fsp3) is 0. The molecule has 0 unspecified atom stereocenters. The molecular weight excluding hydrogens is 148 g/mol. The zero-order valence-corrected chi connectivity index (χ0v) is 5.64. The summed E-state index contributed by atoms with van der Waals surface area (Å²) in [6.45, 7) is 3.15. The summed E-state index contributed by atoms with van der Waals surface area (Å²) in [6.07, 6.45) is 0. The molecule has 1 nitrogen and oxygen atoms in total. The first-order valence-corrected chi connectivity index (χ1v) is 2.92. The van der Waals surface area contributed by atoms with Crippen molar-refractivity contribution >= 4 is 11.6 Å². The Labute approximate surface area is 62.7 Å². The van der Waals surface area contributed by atoms with E-state index in [1.807, 2.05) is 0 Å². The molecule has 0 radical (unpaired) electrons. The summed E-state index contributed by atoms with van der Waals surface area (Å²) in [5.41, 5.74) is -0.0833. The highest BCUT2D eigenvalue weighted by Crippen LogP contribution is 2.17. The van der Waals surface area contributed by atoms with Crippen LogP contribution in [0.15, 0.2) is 29.8 Å². The Kier molecular flexibility index (Phi) is 2.14. The molecule has 0 aliphatic rings. The van der Waals surface area contributed by atoms with E-state index >= 15 is 0 Å². The Morgan fingerprint density at radius 1 is 1.36 bits per heavy atom. The number of hydrogen-bond donors (Lipinski definition) is 0. The molecule has 0 fully saturated rings. The minimum Gasteiger partial charge on any atom is -0.207 e. The molecule has 0 aliphatic heterocycles. The normalized spacial score (nSPS) is 8.91. The second-order valence-corrected chi connectivity index (χ2v) is 1.87. The zero-order valence-electron chi connectivity index (χ0n) is 5.64. The van der Waals surface area contributed by atoms with E-state index in [0.29, 0.717) is 0 Å². The molecule has 0 atom stereocenters. The number of nitrogens with zero attached hydrogens (tertiary/aromatic N) is 1. The number of halogens is 2. The average Bonchev–Trinajstić information content (AvgIpc) is 1.98. The minimum atomic E-state index is -0.581. The number of aliphatic imine (C=N–C) groups is 1. The summed E-state index contributed by atoms with van der Waals surface area (Å²) >= 11 is 0. The maximum absolute atomic E-state index is 12.6. The van der Waals surface area contributed by atoms with Crippen molar-refractivity contribution in [2.24, 2.45) is 4.99 Å². The van der Waals surface area contributed by atoms with Crippen LogP contribution in [0, 0.1) is 11.6 Å². The van der Waals surface area contributed by atoms with E-state index in [4.69, 9.17) is 0 Å². The Hall–Kier alpha value is -1.47. The standard InChI is InChI=1S/C8H5F2N/c1-2-11-8-5-6(9)3-4-7(8)10/h3-5H,1H2. The summed E-state index contributed by atoms with van der Waals surface area (Å²) in [7, 11) is 0. The SMILES string of the molecule is C=C=Nc1cc(F)ccc1F. The van der Waals surface area contributed by atoms with Gasteiger partial charge in [0.05, 0.1) is 0 Å². The van der Waals surface area contributed by atoms with Crippen molar-refractivity contribution < 1.29 is 8.78 Å². The fourth-order valence-electron chi connectivity index (χ4n) is 0.657. The summed E-state index contributed by atoms with van der Waals surface area (Å²) in [5, 5.41) is 0. The first-order valence-electron chi connectivity index (χ1n) is 2.92. The topological polar surface area (TPSA) is 12.4 Å². The highest BCUT2D eigenvalue weighted by atomic mass is 19.1. The molecule has 0 heterocycles. The fourth-order valence-corrected chi connectivity index (χ4v) is 0.657. The number of benzene rings is 1. The van der Waals surface area contributed by atoms with Crippen LogP contribution in [0.5, 0.6) is 0 Å². The van der Waals surface area contributed by atoms with Crippen molar-refractivity contribution in [3.8, 4) is 0 Å². The van der Waals surface area contributed by atoms with Crippen molar-refractivity contribution in [2.45, 2.75) is 0 Å². The Balaban J connectivity index is 3.22. The van der Waals surface area contributed by atoms with Crippen molar-refractivity contribution in [1.82, 2.24) is 0 Å². The van der Waals surface area contributed by atoms with Gasteiger partial charge in [0, 0.05) is 6.07 Å². The molecule has 0 spiro atoms. The number of hydrogen-bond acceptors (Lipinski definition) is 1. The minimum absolute atomic E-state index is 0.0833. The van der Waals surface area contributed by atoms with Gasteiger partial charge in [0.1, 0.15) is 17.3 Å². The summed E-state index contributed by atoms with van der Waals surface area (Å²) in [5.74, 6) is 1.01. The lowest BCUT2D eigenvalue weighted by molar-refractivity contribution is 0.602. The lowest BCUT2D eigenvalue weighted by atomic mass is 10.3. The van der Waals surface area contributed by atoms with Crippen LogP contribution in [-0.4, -0.2) is 5.87 Å². The molecule has 3 heteroatoms. The smallest absolute Gasteiger partial charge is 0.149 e. The van der Waals surface area contributed by atoms with Crippen LogP contribution in [0.2, 0.25) is 0 Å². The van der Waals surface area contributed by atoms with E-state index in [0.717, 1.165) is 18.2 Å². The van der Waals surface area contributed by atoms with Gasteiger partial charge in [-0.2, -0.15) is 0 Å². The maximum Gasteiger partial charge on any atom is 0.149 e.